The van der Waals surface area contributed by atoms with Gasteiger partial charge in [-0.3, -0.25) is 9.36 Å². The molecule has 0 unspecified atom stereocenters. The summed E-state index contributed by atoms with van der Waals surface area (Å²) in [6.07, 6.45) is 0.931. The van der Waals surface area contributed by atoms with Gasteiger partial charge in [-0.15, -0.1) is 0 Å². The molecule has 2 aromatic carbocycles. The van der Waals surface area contributed by atoms with Crippen molar-refractivity contribution in [2.45, 2.75) is 18.5 Å². The zero-order valence-electron chi connectivity index (χ0n) is 14.4. The Balaban J connectivity index is 1.93. The molecule has 0 saturated carbocycles. The average molecular weight is 355 g/mol. The average Bonchev–Trinajstić information content (AvgIpc) is 3.03. The standard InChI is InChI=1S/C19H21N3O2S/c1-3-12-20-18(23)13-25-19-21-16-6-4-5-7-17(16)22(19)14-8-10-15(24-2)11-9-14/h4-11H,3,12-13H2,1-2H3,(H,20,23). The van der Waals surface area contributed by atoms with Crippen molar-refractivity contribution in [2.24, 2.45) is 0 Å². The SMILES string of the molecule is CCCNC(=O)CSc1nc2ccccc2n1-c1ccc(OC)cc1. The van der Waals surface area contributed by atoms with Crippen LogP contribution in [0.15, 0.2) is 53.7 Å². The Hall–Kier alpha value is -2.47. The molecule has 25 heavy (non-hydrogen) atoms. The first kappa shape index (κ1) is 17.4. The predicted octanol–water partition coefficient (Wildman–Crippen LogP) is 3.65. The van der Waals surface area contributed by atoms with Crippen molar-refractivity contribution in [1.29, 1.82) is 0 Å². The number of para-hydroxylation sites is 2. The van der Waals surface area contributed by atoms with Crippen molar-refractivity contribution in [3.05, 3.63) is 48.5 Å². The second kappa shape index (κ2) is 8.07. The van der Waals surface area contributed by atoms with Gasteiger partial charge in [-0.05, 0) is 42.8 Å². The van der Waals surface area contributed by atoms with E-state index in [2.05, 4.69) is 9.88 Å². The summed E-state index contributed by atoms with van der Waals surface area (Å²) in [6, 6.07) is 15.8. The summed E-state index contributed by atoms with van der Waals surface area (Å²) in [5.41, 5.74) is 2.92. The van der Waals surface area contributed by atoms with Gasteiger partial charge in [-0.25, -0.2) is 4.98 Å². The van der Waals surface area contributed by atoms with Crippen LogP contribution in [0.4, 0.5) is 0 Å². The Morgan fingerprint density at radius 1 is 1.20 bits per heavy atom. The minimum atomic E-state index is 0.0280. The number of carbonyl (C=O) groups is 1. The lowest BCUT2D eigenvalue weighted by molar-refractivity contribution is -0.118. The highest BCUT2D eigenvalue weighted by atomic mass is 32.2. The van der Waals surface area contributed by atoms with Crippen LogP contribution < -0.4 is 10.1 Å². The Morgan fingerprint density at radius 3 is 2.68 bits per heavy atom. The lowest BCUT2D eigenvalue weighted by Crippen LogP contribution is -2.25. The number of aromatic nitrogens is 2. The van der Waals surface area contributed by atoms with Crippen molar-refractivity contribution in [3.63, 3.8) is 0 Å². The van der Waals surface area contributed by atoms with Crippen LogP contribution in [-0.2, 0) is 4.79 Å². The van der Waals surface area contributed by atoms with Gasteiger partial charge in [0.1, 0.15) is 5.75 Å². The monoisotopic (exact) mass is 355 g/mol. The zero-order chi connectivity index (χ0) is 17.6. The molecule has 0 fully saturated rings. The third-order valence-corrected chi connectivity index (χ3v) is 4.70. The second-order valence-electron chi connectivity index (χ2n) is 5.56. The highest BCUT2D eigenvalue weighted by Crippen LogP contribution is 2.28. The predicted molar refractivity (Wildman–Crippen MR) is 102 cm³/mol. The van der Waals surface area contributed by atoms with Crippen molar-refractivity contribution in [3.8, 4) is 11.4 Å². The highest BCUT2D eigenvalue weighted by molar-refractivity contribution is 7.99. The number of amides is 1. The van der Waals surface area contributed by atoms with Crippen LogP contribution >= 0.6 is 11.8 Å². The number of carbonyl (C=O) groups excluding carboxylic acids is 1. The molecule has 3 rings (SSSR count). The van der Waals surface area contributed by atoms with Crippen LogP contribution in [0.3, 0.4) is 0 Å². The summed E-state index contributed by atoms with van der Waals surface area (Å²) in [4.78, 5) is 16.6. The van der Waals surface area contributed by atoms with Crippen LogP contribution in [0.1, 0.15) is 13.3 Å². The number of nitrogens with zero attached hydrogens (tertiary/aromatic N) is 2. The number of imidazole rings is 1. The van der Waals surface area contributed by atoms with Crippen molar-refractivity contribution in [1.82, 2.24) is 14.9 Å². The lowest BCUT2D eigenvalue weighted by Gasteiger charge is -2.10. The van der Waals surface area contributed by atoms with Crippen molar-refractivity contribution in [2.75, 3.05) is 19.4 Å². The van der Waals surface area contributed by atoms with Gasteiger partial charge in [0, 0.05) is 12.2 Å². The van der Waals surface area contributed by atoms with Gasteiger partial charge < -0.3 is 10.1 Å². The van der Waals surface area contributed by atoms with Gasteiger partial charge in [-0.2, -0.15) is 0 Å². The Labute approximate surface area is 151 Å². The molecule has 0 bridgehead atoms. The van der Waals surface area contributed by atoms with E-state index in [1.807, 2.05) is 55.5 Å². The molecule has 0 saturated heterocycles. The van der Waals surface area contributed by atoms with Crippen LogP contribution in [-0.4, -0.2) is 34.9 Å². The molecule has 3 aromatic rings. The Morgan fingerprint density at radius 2 is 1.96 bits per heavy atom. The molecule has 1 aromatic heterocycles. The van der Waals surface area contributed by atoms with Crippen LogP contribution in [0, 0.1) is 0 Å². The summed E-state index contributed by atoms with van der Waals surface area (Å²) >= 11 is 1.44. The first-order valence-corrected chi connectivity index (χ1v) is 9.23. The molecule has 1 heterocycles. The fraction of sp³-hybridized carbons (Fsp3) is 0.263. The fourth-order valence-electron chi connectivity index (χ4n) is 2.53. The number of hydrogen-bond acceptors (Lipinski definition) is 4. The quantitative estimate of drug-likeness (QED) is 0.657. The van der Waals surface area contributed by atoms with Crippen LogP contribution in [0.5, 0.6) is 5.75 Å². The Bertz CT molecular complexity index is 859. The van der Waals surface area contributed by atoms with E-state index in [9.17, 15) is 4.79 Å². The van der Waals surface area contributed by atoms with E-state index in [-0.39, 0.29) is 5.91 Å². The molecule has 130 valence electrons. The molecule has 0 radical (unpaired) electrons. The minimum Gasteiger partial charge on any atom is -0.497 e. The maximum absolute atomic E-state index is 11.9. The summed E-state index contributed by atoms with van der Waals surface area (Å²) in [5, 5.41) is 3.70. The largest absolute Gasteiger partial charge is 0.497 e. The first-order valence-electron chi connectivity index (χ1n) is 8.24. The molecule has 0 atom stereocenters. The third kappa shape index (κ3) is 3.96. The van der Waals surface area contributed by atoms with Gasteiger partial charge in [0.2, 0.25) is 5.91 Å². The van der Waals surface area contributed by atoms with Gasteiger partial charge >= 0.3 is 0 Å². The molecule has 5 nitrogen and oxygen atoms in total. The van der Waals surface area contributed by atoms with Gasteiger partial charge in [-0.1, -0.05) is 30.8 Å². The molecule has 1 amide bonds. The number of thioether (sulfide) groups is 1. The van der Waals surface area contributed by atoms with E-state index in [0.29, 0.717) is 12.3 Å². The summed E-state index contributed by atoms with van der Waals surface area (Å²) in [7, 11) is 1.65. The maximum atomic E-state index is 11.9. The molecule has 0 aliphatic rings. The smallest absolute Gasteiger partial charge is 0.230 e. The van der Waals surface area contributed by atoms with Crippen LogP contribution in [0.2, 0.25) is 0 Å². The topological polar surface area (TPSA) is 56.2 Å². The Kier molecular flexibility index (Phi) is 5.60. The second-order valence-corrected chi connectivity index (χ2v) is 6.50. The third-order valence-electron chi connectivity index (χ3n) is 3.77. The number of hydrogen-bond donors (Lipinski definition) is 1. The van der Waals surface area contributed by atoms with E-state index < -0.39 is 0 Å². The number of rotatable bonds is 7. The molecule has 0 spiro atoms. The normalized spacial score (nSPS) is 10.8. The molecule has 0 aliphatic heterocycles. The number of ether oxygens (including phenoxy) is 1. The van der Waals surface area contributed by atoms with E-state index in [4.69, 9.17) is 9.72 Å². The van der Waals surface area contributed by atoms with Crippen molar-refractivity contribution >= 4 is 28.7 Å². The van der Waals surface area contributed by atoms with E-state index in [1.54, 1.807) is 7.11 Å². The summed E-state index contributed by atoms with van der Waals surface area (Å²) < 4.78 is 7.31. The van der Waals surface area contributed by atoms with E-state index in [0.717, 1.165) is 34.0 Å². The number of nitrogens with one attached hydrogen (secondary N) is 1. The molecular weight excluding hydrogens is 334 g/mol. The van der Waals surface area contributed by atoms with E-state index >= 15 is 0 Å². The van der Waals surface area contributed by atoms with Crippen LogP contribution in [0.25, 0.3) is 16.7 Å². The number of benzene rings is 2. The first-order chi connectivity index (χ1) is 12.2. The van der Waals surface area contributed by atoms with Gasteiger partial charge in [0.15, 0.2) is 5.16 Å². The molecule has 0 aliphatic carbocycles. The van der Waals surface area contributed by atoms with Gasteiger partial charge in [0.05, 0.1) is 23.9 Å². The molecule has 1 N–H and O–H groups in total. The molecule has 6 heteroatoms. The summed E-state index contributed by atoms with van der Waals surface area (Å²) in [5.74, 6) is 1.18. The number of methoxy groups -OCH3 is 1. The van der Waals surface area contributed by atoms with Gasteiger partial charge in [0.25, 0.3) is 0 Å². The number of fused-ring (bicyclic) bond motifs is 1. The highest BCUT2D eigenvalue weighted by Gasteiger charge is 2.14. The van der Waals surface area contributed by atoms with Crippen molar-refractivity contribution < 1.29 is 9.53 Å². The molecular formula is C19H21N3O2S. The van der Waals surface area contributed by atoms with E-state index in [1.165, 1.54) is 11.8 Å². The lowest BCUT2D eigenvalue weighted by atomic mass is 10.2. The maximum Gasteiger partial charge on any atom is 0.230 e. The summed E-state index contributed by atoms with van der Waals surface area (Å²) in [6.45, 7) is 2.74. The fourth-order valence-corrected chi connectivity index (χ4v) is 3.39. The minimum absolute atomic E-state index is 0.0280. The zero-order valence-corrected chi connectivity index (χ0v) is 15.2.